The second-order valence-corrected chi connectivity index (χ2v) is 5.48. The molecule has 6 nitrogen and oxygen atoms in total. The fourth-order valence-corrected chi connectivity index (χ4v) is 2.46. The second kappa shape index (κ2) is 8.94. The molecular formula is C19H24N2O4. The molecule has 25 heavy (non-hydrogen) atoms. The molecule has 2 aromatic rings. The van der Waals surface area contributed by atoms with E-state index < -0.39 is 0 Å². The third-order valence-electron chi connectivity index (χ3n) is 3.82. The average Bonchev–Trinajstić information content (AvgIpc) is 2.65. The highest BCUT2D eigenvalue weighted by atomic mass is 16.5. The van der Waals surface area contributed by atoms with Crippen LogP contribution in [0.4, 0.5) is 5.69 Å². The summed E-state index contributed by atoms with van der Waals surface area (Å²) < 4.78 is 15.8. The molecule has 0 bridgehead atoms. The van der Waals surface area contributed by atoms with Crippen molar-refractivity contribution in [3.05, 3.63) is 48.0 Å². The molecule has 2 rings (SSSR count). The van der Waals surface area contributed by atoms with Gasteiger partial charge in [0.1, 0.15) is 0 Å². The van der Waals surface area contributed by atoms with Crippen LogP contribution >= 0.6 is 0 Å². The predicted octanol–water partition coefficient (Wildman–Crippen LogP) is 3.00. The molecule has 0 heterocycles. The molecular weight excluding hydrogens is 320 g/mol. The van der Waals surface area contributed by atoms with Gasteiger partial charge >= 0.3 is 0 Å². The zero-order valence-corrected chi connectivity index (χ0v) is 15.0. The maximum Gasteiger partial charge on any atom is 0.238 e. The summed E-state index contributed by atoms with van der Waals surface area (Å²) >= 11 is 0. The lowest BCUT2D eigenvalue weighted by molar-refractivity contribution is -0.115. The fourth-order valence-electron chi connectivity index (χ4n) is 2.46. The highest BCUT2D eigenvalue weighted by molar-refractivity contribution is 5.93. The summed E-state index contributed by atoms with van der Waals surface area (Å²) in [7, 11) is 4.60. The molecule has 2 N–H and O–H groups in total. The summed E-state index contributed by atoms with van der Waals surface area (Å²) in [6.07, 6.45) is 0. The van der Waals surface area contributed by atoms with E-state index in [1.54, 1.807) is 12.1 Å². The van der Waals surface area contributed by atoms with Gasteiger partial charge in [-0.2, -0.15) is 0 Å². The van der Waals surface area contributed by atoms with Crippen molar-refractivity contribution in [3.8, 4) is 17.2 Å². The van der Waals surface area contributed by atoms with E-state index in [1.165, 1.54) is 21.3 Å². The van der Waals surface area contributed by atoms with Gasteiger partial charge in [0, 0.05) is 23.9 Å². The summed E-state index contributed by atoms with van der Waals surface area (Å²) in [5.41, 5.74) is 1.71. The van der Waals surface area contributed by atoms with Crippen molar-refractivity contribution in [2.75, 3.05) is 33.2 Å². The molecule has 0 saturated carbocycles. The zero-order chi connectivity index (χ0) is 18.2. The van der Waals surface area contributed by atoms with E-state index in [9.17, 15) is 4.79 Å². The number of carbonyl (C=O) groups is 1. The number of rotatable bonds is 8. The minimum atomic E-state index is -0.156. The van der Waals surface area contributed by atoms with Gasteiger partial charge < -0.3 is 24.8 Å². The molecule has 1 amide bonds. The number of hydrogen-bond donors (Lipinski definition) is 2. The van der Waals surface area contributed by atoms with E-state index >= 15 is 0 Å². The van der Waals surface area contributed by atoms with Gasteiger partial charge in [0.2, 0.25) is 11.7 Å². The van der Waals surface area contributed by atoms with Crippen molar-refractivity contribution >= 4 is 11.6 Å². The molecule has 134 valence electrons. The molecule has 1 unspecified atom stereocenters. The van der Waals surface area contributed by atoms with Crippen LogP contribution in [0.1, 0.15) is 18.5 Å². The van der Waals surface area contributed by atoms with Crippen molar-refractivity contribution in [2.24, 2.45) is 0 Å². The lowest BCUT2D eigenvalue weighted by atomic mass is 10.1. The molecule has 0 fully saturated rings. The molecule has 2 aromatic carbocycles. The minimum Gasteiger partial charge on any atom is -0.493 e. The maximum absolute atomic E-state index is 12.2. The first kappa shape index (κ1) is 18.6. The molecule has 0 spiro atoms. The van der Waals surface area contributed by atoms with Crippen LogP contribution in [0.5, 0.6) is 17.2 Å². The Balaban J connectivity index is 2.00. The Morgan fingerprint density at radius 3 is 2.12 bits per heavy atom. The van der Waals surface area contributed by atoms with Crippen LogP contribution in [0.2, 0.25) is 0 Å². The Morgan fingerprint density at radius 1 is 1.00 bits per heavy atom. The number of hydrogen-bond acceptors (Lipinski definition) is 5. The van der Waals surface area contributed by atoms with Crippen molar-refractivity contribution < 1.29 is 19.0 Å². The number of amides is 1. The first-order valence-corrected chi connectivity index (χ1v) is 7.97. The van der Waals surface area contributed by atoms with E-state index in [4.69, 9.17) is 14.2 Å². The van der Waals surface area contributed by atoms with Crippen LogP contribution in [-0.2, 0) is 4.79 Å². The Hall–Kier alpha value is -2.73. The molecule has 6 heteroatoms. The van der Waals surface area contributed by atoms with Gasteiger partial charge in [-0.05, 0) is 12.5 Å². The summed E-state index contributed by atoms with van der Waals surface area (Å²) in [4.78, 5) is 12.2. The number of ether oxygens (including phenoxy) is 3. The number of nitrogens with one attached hydrogen (secondary N) is 2. The van der Waals surface area contributed by atoms with Crippen LogP contribution in [0.15, 0.2) is 42.5 Å². The van der Waals surface area contributed by atoms with Gasteiger partial charge in [-0.3, -0.25) is 4.79 Å². The smallest absolute Gasteiger partial charge is 0.238 e. The first-order chi connectivity index (χ1) is 12.1. The molecule has 0 radical (unpaired) electrons. The molecule has 0 aromatic heterocycles. The third-order valence-corrected chi connectivity index (χ3v) is 3.82. The Morgan fingerprint density at radius 2 is 1.60 bits per heavy atom. The Kier molecular flexibility index (Phi) is 6.65. The number of carbonyl (C=O) groups excluding carboxylic acids is 1. The lowest BCUT2D eigenvalue weighted by Crippen LogP contribution is -2.30. The molecule has 0 aliphatic rings. The summed E-state index contributed by atoms with van der Waals surface area (Å²) in [6, 6.07) is 13.4. The van der Waals surface area contributed by atoms with E-state index in [0.717, 1.165) is 5.56 Å². The van der Waals surface area contributed by atoms with E-state index in [0.29, 0.717) is 22.9 Å². The van der Waals surface area contributed by atoms with Crippen molar-refractivity contribution in [2.45, 2.75) is 13.0 Å². The third kappa shape index (κ3) is 4.87. The summed E-state index contributed by atoms with van der Waals surface area (Å²) in [6.45, 7) is 2.20. The van der Waals surface area contributed by atoms with E-state index in [-0.39, 0.29) is 18.5 Å². The number of anilines is 1. The number of methoxy groups -OCH3 is 3. The van der Waals surface area contributed by atoms with Gasteiger partial charge in [0.15, 0.2) is 11.5 Å². The normalized spacial score (nSPS) is 11.5. The Labute approximate surface area is 148 Å². The zero-order valence-electron chi connectivity index (χ0n) is 15.0. The van der Waals surface area contributed by atoms with Crippen molar-refractivity contribution in [1.82, 2.24) is 5.32 Å². The largest absolute Gasteiger partial charge is 0.493 e. The number of benzene rings is 2. The monoisotopic (exact) mass is 344 g/mol. The standard InChI is InChI=1S/C19H24N2O4/c1-13(14-8-6-5-7-9-14)20-12-18(22)21-15-10-16(23-2)19(25-4)17(11-15)24-3/h5-11,13,20H,12H2,1-4H3,(H,21,22). The van der Waals surface area contributed by atoms with Gasteiger partial charge in [-0.25, -0.2) is 0 Å². The first-order valence-electron chi connectivity index (χ1n) is 7.97. The SMILES string of the molecule is COc1cc(NC(=O)CNC(C)c2ccccc2)cc(OC)c1OC. The van der Waals surface area contributed by atoms with Gasteiger partial charge in [0.25, 0.3) is 0 Å². The quantitative estimate of drug-likeness (QED) is 0.770. The van der Waals surface area contributed by atoms with Crippen LogP contribution in [0, 0.1) is 0 Å². The van der Waals surface area contributed by atoms with E-state index in [2.05, 4.69) is 10.6 Å². The lowest BCUT2D eigenvalue weighted by Gasteiger charge is -2.16. The maximum atomic E-state index is 12.2. The van der Waals surface area contributed by atoms with Crippen LogP contribution in [-0.4, -0.2) is 33.8 Å². The van der Waals surface area contributed by atoms with Crippen molar-refractivity contribution in [3.63, 3.8) is 0 Å². The predicted molar refractivity (Wildman–Crippen MR) is 97.6 cm³/mol. The van der Waals surface area contributed by atoms with Crippen LogP contribution in [0.25, 0.3) is 0 Å². The molecule has 0 aliphatic heterocycles. The average molecular weight is 344 g/mol. The van der Waals surface area contributed by atoms with E-state index in [1.807, 2.05) is 37.3 Å². The summed E-state index contributed by atoms with van der Waals surface area (Å²) in [5.74, 6) is 1.31. The van der Waals surface area contributed by atoms with Crippen LogP contribution < -0.4 is 24.8 Å². The van der Waals surface area contributed by atoms with Gasteiger partial charge in [-0.1, -0.05) is 30.3 Å². The second-order valence-electron chi connectivity index (χ2n) is 5.48. The topological polar surface area (TPSA) is 68.8 Å². The summed E-state index contributed by atoms with van der Waals surface area (Å²) in [5, 5.41) is 6.03. The highest BCUT2D eigenvalue weighted by Crippen LogP contribution is 2.39. The minimum absolute atomic E-state index is 0.0758. The van der Waals surface area contributed by atoms with Gasteiger partial charge in [0.05, 0.1) is 27.9 Å². The molecule has 1 atom stereocenters. The molecule has 0 saturated heterocycles. The van der Waals surface area contributed by atoms with Gasteiger partial charge in [-0.15, -0.1) is 0 Å². The molecule has 0 aliphatic carbocycles. The highest BCUT2D eigenvalue weighted by Gasteiger charge is 2.15. The van der Waals surface area contributed by atoms with Crippen LogP contribution in [0.3, 0.4) is 0 Å². The Bertz CT molecular complexity index is 679. The van der Waals surface area contributed by atoms with Crippen molar-refractivity contribution in [1.29, 1.82) is 0 Å². The fraction of sp³-hybridized carbons (Fsp3) is 0.316.